The van der Waals surface area contributed by atoms with Crippen LogP contribution in [-0.4, -0.2) is 80.8 Å². The Morgan fingerprint density at radius 2 is 1.53 bits per heavy atom. The molecular formula is C29H41Cl2N5O6SeSi2. The molecule has 0 bridgehead atoms. The summed E-state index contributed by atoms with van der Waals surface area (Å²) in [5.74, 6) is -0.559. The van der Waals surface area contributed by atoms with Gasteiger partial charge >= 0.3 is 284 Å². The van der Waals surface area contributed by atoms with Gasteiger partial charge in [-0.25, -0.2) is 0 Å². The summed E-state index contributed by atoms with van der Waals surface area (Å²) >= 11 is 12.4. The number of hydrogen-bond acceptors (Lipinski definition) is 9. The number of ether oxygens (including phenoxy) is 1. The van der Waals surface area contributed by atoms with Gasteiger partial charge in [-0.3, -0.25) is 0 Å². The Labute approximate surface area is 282 Å². The first-order chi connectivity index (χ1) is 20.6. The van der Waals surface area contributed by atoms with E-state index in [-0.39, 0.29) is 69.2 Å². The van der Waals surface area contributed by atoms with Gasteiger partial charge in [0, 0.05) is 0 Å². The third-order valence-electron chi connectivity index (χ3n) is 9.08. The van der Waals surface area contributed by atoms with Crippen molar-refractivity contribution in [3.63, 3.8) is 0 Å². The number of benzene rings is 1. The number of carbonyl (C=O) groups is 1. The predicted molar refractivity (Wildman–Crippen MR) is 181 cm³/mol. The molecule has 1 aliphatic heterocycles. The molecule has 3 aromatic rings. The van der Waals surface area contributed by atoms with Crippen LogP contribution in [0.15, 0.2) is 30.6 Å². The number of carbonyl (C=O) groups excluding carboxylic acids is 1. The third-order valence-corrected chi connectivity index (χ3v) is 21.7. The van der Waals surface area contributed by atoms with Crippen molar-refractivity contribution >= 4 is 77.6 Å². The van der Waals surface area contributed by atoms with E-state index in [2.05, 4.69) is 82.7 Å². The second-order valence-corrected chi connectivity index (χ2v) is 27.3. The number of nitro groups is 1. The third kappa shape index (κ3) is 7.64. The maximum absolute atomic E-state index is 13.1. The van der Waals surface area contributed by atoms with Crippen LogP contribution >= 0.6 is 23.2 Å². The fraction of sp³-hybridized carbons (Fsp3) is 0.586. The van der Waals surface area contributed by atoms with Crippen molar-refractivity contribution in [2.24, 2.45) is 0 Å². The minimum atomic E-state index is -2.35. The van der Waals surface area contributed by atoms with Gasteiger partial charge in [-0.2, -0.15) is 0 Å². The Morgan fingerprint density at radius 3 is 2.07 bits per heavy atom. The monoisotopic (exact) mass is 761 g/mol. The van der Waals surface area contributed by atoms with Crippen LogP contribution in [0.3, 0.4) is 0 Å². The van der Waals surface area contributed by atoms with Gasteiger partial charge in [-0.1, -0.05) is 0 Å². The molecule has 4 rings (SSSR count). The van der Waals surface area contributed by atoms with E-state index in [4.69, 9.17) is 36.8 Å². The number of esters is 1. The van der Waals surface area contributed by atoms with Crippen molar-refractivity contribution in [1.82, 2.24) is 19.5 Å². The van der Waals surface area contributed by atoms with Gasteiger partial charge in [0.05, 0.1) is 0 Å². The number of non-ortho nitro benzene ring substituents is 1. The number of hydrogen-bond donors (Lipinski definition) is 0. The Kier molecular flexibility index (Phi) is 10.3. The zero-order valence-corrected chi connectivity index (χ0v) is 32.5. The second kappa shape index (κ2) is 12.9. The number of aromatic nitrogens is 4. The van der Waals surface area contributed by atoms with E-state index in [0.717, 1.165) is 0 Å². The molecule has 0 radical (unpaired) electrons. The molecule has 1 saturated heterocycles. The van der Waals surface area contributed by atoms with E-state index in [9.17, 15) is 14.9 Å². The Bertz CT molecular complexity index is 1580. The number of nitro benzene ring substituents is 1. The van der Waals surface area contributed by atoms with E-state index >= 15 is 0 Å². The first-order valence-corrected chi connectivity index (χ1v) is 23.2. The van der Waals surface area contributed by atoms with Gasteiger partial charge in [0.15, 0.2) is 0 Å². The molecule has 4 atom stereocenters. The quantitative estimate of drug-likeness (QED) is 0.0538. The molecule has 246 valence electrons. The summed E-state index contributed by atoms with van der Waals surface area (Å²) in [7, 11) is -4.70. The molecule has 1 aromatic carbocycles. The molecular weight excluding hydrogens is 720 g/mol. The topological polar surface area (TPSA) is 132 Å². The van der Waals surface area contributed by atoms with Crippen molar-refractivity contribution in [3.05, 3.63) is 56.7 Å². The maximum atomic E-state index is 13.1. The second-order valence-electron chi connectivity index (χ2n) is 14.3. The van der Waals surface area contributed by atoms with Crippen LogP contribution in [0, 0.1) is 10.1 Å². The van der Waals surface area contributed by atoms with Gasteiger partial charge in [-0.15, -0.1) is 0 Å². The summed E-state index contributed by atoms with van der Waals surface area (Å²) in [6.45, 7) is 22.1. The van der Waals surface area contributed by atoms with Crippen LogP contribution < -0.4 is 0 Å². The molecule has 3 heterocycles. The van der Waals surface area contributed by atoms with Gasteiger partial charge in [0.25, 0.3) is 0 Å². The van der Waals surface area contributed by atoms with E-state index in [0.29, 0.717) is 11.2 Å². The van der Waals surface area contributed by atoms with E-state index in [1.165, 1.54) is 24.3 Å². The molecule has 2 aromatic heterocycles. The average Bonchev–Trinajstić information content (AvgIpc) is 3.47. The molecule has 0 unspecified atom stereocenters. The summed E-state index contributed by atoms with van der Waals surface area (Å²) in [6, 6.07) is 5.39. The molecule has 0 N–H and O–H groups in total. The number of fused-ring (bicyclic) bond motifs is 1. The average molecular weight is 762 g/mol. The van der Waals surface area contributed by atoms with Crippen molar-refractivity contribution < 1.29 is 23.3 Å². The molecule has 0 saturated carbocycles. The zero-order valence-electron chi connectivity index (χ0n) is 27.3. The van der Waals surface area contributed by atoms with Crippen LogP contribution in [0.5, 0.6) is 0 Å². The normalized spacial score (nSPS) is 21.3. The Balaban J connectivity index is 1.77. The molecule has 1 fully saturated rings. The van der Waals surface area contributed by atoms with Crippen LogP contribution in [0.1, 0.15) is 56.8 Å². The van der Waals surface area contributed by atoms with Crippen molar-refractivity contribution in [3.8, 4) is 0 Å². The summed E-state index contributed by atoms with van der Waals surface area (Å²) in [5, 5.41) is 11.1. The van der Waals surface area contributed by atoms with Crippen LogP contribution in [0.25, 0.3) is 11.2 Å². The first-order valence-electron chi connectivity index (χ1n) is 14.6. The van der Waals surface area contributed by atoms with Gasteiger partial charge in [-0.05, 0) is 0 Å². The standard InChI is InChI=1S/C29H41Cl2N5O6SeSi2/c1-28(2,3)44(7,8)41-21-19(15-40-26(37)17-11-13-18(14-12-17)36(38)39)43-25(22(21)42-45(9,10)29(4,5)6)35-16-32-20-23(30)33-27(31)34-24(20)35/h11-14,16,19,21-22,25H,15H2,1-10H3/t19-,21-,22-,25-/m1/s1. The van der Waals surface area contributed by atoms with Crippen molar-refractivity contribution in [1.29, 1.82) is 0 Å². The first kappa shape index (κ1) is 35.9. The molecule has 0 aliphatic carbocycles. The molecule has 45 heavy (non-hydrogen) atoms. The molecule has 0 spiro atoms. The molecule has 16 heteroatoms. The van der Waals surface area contributed by atoms with Gasteiger partial charge < -0.3 is 0 Å². The molecule has 1 aliphatic rings. The Morgan fingerprint density at radius 1 is 0.978 bits per heavy atom. The summed E-state index contributed by atoms with van der Waals surface area (Å²) < 4.78 is 22.3. The van der Waals surface area contributed by atoms with E-state index in [1.807, 2.05) is 4.57 Å². The predicted octanol–water partition coefficient (Wildman–Crippen LogP) is 7.68. The van der Waals surface area contributed by atoms with Crippen molar-refractivity contribution in [2.45, 2.75) is 99.8 Å². The fourth-order valence-electron chi connectivity index (χ4n) is 4.37. The summed E-state index contributed by atoms with van der Waals surface area (Å²) in [5.41, 5.74) is 1.09. The van der Waals surface area contributed by atoms with Crippen LogP contribution in [0.4, 0.5) is 5.69 Å². The van der Waals surface area contributed by atoms with Crippen LogP contribution in [0.2, 0.25) is 51.5 Å². The molecule has 0 amide bonds. The van der Waals surface area contributed by atoms with Gasteiger partial charge in [0.2, 0.25) is 0 Å². The Hall–Kier alpha value is -1.91. The minimum absolute atomic E-state index is 0.0178. The van der Waals surface area contributed by atoms with Gasteiger partial charge in [0.1, 0.15) is 0 Å². The summed E-state index contributed by atoms with van der Waals surface area (Å²) in [4.78, 5) is 36.4. The number of halogens is 2. The number of rotatable bonds is 9. The van der Waals surface area contributed by atoms with Crippen LogP contribution in [-0.2, 0) is 13.6 Å². The van der Waals surface area contributed by atoms with E-state index in [1.54, 1.807) is 6.33 Å². The number of nitrogens with zero attached hydrogens (tertiary/aromatic N) is 5. The fourth-order valence-corrected chi connectivity index (χ4v) is 11.1. The van der Waals surface area contributed by atoms with E-state index < -0.39 is 33.6 Å². The summed E-state index contributed by atoms with van der Waals surface area (Å²) in [6.07, 6.45) is 0.915. The molecule has 11 nitrogen and oxygen atoms in total. The number of imidazole rings is 1. The van der Waals surface area contributed by atoms with Crippen molar-refractivity contribution in [2.75, 3.05) is 6.61 Å². The SMILES string of the molecule is CC(C)(C)[Si](C)(C)O[C@@H]1[C@H](O[Si](C)(C)C(C)(C)C)[C@@H](COC(=O)c2ccc([N+](=O)[O-])cc2)[Se][C@H]1n1cnc2c(Cl)nc(Cl)nc21. The zero-order chi connectivity index (χ0) is 33.7.